The molecule has 4 heteroatoms. The summed E-state index contributed by atoms with van der Waals surface area (Å²) in [6, 6.07) is 8.35. The third-order valence-corrected chi connectivity index (χ3v) is 3.00. The number of hydrogen-bond acceptors (Lipinski definition) is 1. The first-order chi connectivity index (χ1) is 9.35. The fraction of sp³-hybridized carbons (Fsp3) is 0.267. The zero-order valence-electron chi connectivity index (χ0n) is 11.2. The van der Waals surface area contributed by atoms with Gasteiger partial charge in [0.05, 0.1) is 0 Å². The van der Waals surface area contributed by atoms with Crippen LogP contribution in [0.4, 0.5) is 0 Å². The highest BCUT2D eigenvalue weighted by molar-refractivity contribution is 5.83. The van der Waals surface area contributed by atoms with Crippen molar-refractivity contribution in [3.05, 3.63) is 48.7 Å². The van der Waals surface area contributed by atoms with E-state index >= 15 is 0 Å². The Morgan fingerprint density at radius 2 is 2.21 bits per heavy atom. The maximum Gasteiger partial charge on any atom is 0.191 e. The molecule has 2 aromatic rings. The Hall–Kier alpha value is -2.23. The van der Waals surface area contributed by atoms with Crippen molar-refractivity contribution in [3.8, 4) is 0 Å². The predicted molar refractivity (Wildman–Crippen MR) is 81.6 cm³/mol. The van der Waals surface area contributed by atoms with Crippen LogP contribution in [0.15, 0.2) is 48.1 Å². The second-order valence-corrected chi connectivity index (χ2v) is 4.28. The average molecular weight is 256 g/mol. The highest BCUT2D eigenvalue weighted by Crippen LogP contribution is 2.17. The fourth-order valence-electron chi connectivity index (χ4n) is 2.04. The molecule has 100 valence electrons. The number of aromatic nitrogens is 1. The van der Waals surface area contributed by atoms with E-state index in [4.69, 9.17) is 0 Å². The lowest BCUT2D eigenvalue weighted by atomic mass is 10.1. The van der Waals surface area contributed by atoms with Crippen LogP contribution in [-0.4, -0.2) is 31.1 Å². The number of guanidine groups is 1. The van der Waals surface area contributed by atoms with E-state index in [0.29, 0.717) is 6.54 Å². The fourth-order valence-corrected chi connectivity index (χ4v) is 2.04. The van der Waals surface area contributed by atoms with E-state index in [1.54, 1.807) is 7.05 Å². The molecule has 4 nitrogen and oxygen atoms in total. The van der Waals surface area contributed by atoms with Gasteiger partial charge >= 0.3 is 0 Å². The molecule has 0 amide bonds. The molecule has 0 spiro atoms. The minimum absolute atomic E-state index is 0.715. The first kappa shape index (κ1) is 13.2. The summed E-state index contributed by atoms with van der Waals surface area (Å²) in [6.45, 7) is 5.23. The quantitative estimate of drug-likeness (QED) is 0.436. The molecule has 0 unspecified atom stereocenters. The molecular formula is C15H20N4. The van der Waals surface area contributed by atoms with Crippen molar-refractivity contribution in [1.82, 2.24) is 15.6 Å². The maximum atomic E-state index is 4.15. The third kappa shape index (κ3) is 3.37. The van der Waals surface area contributed by atoms with Gasteiger partial charge in [0.25, 0.3) is 0 Å². The maximum absolute atomic E-state index is 4.15. The van der Waals surface area contributed by atoms with Crippen molar-refractivity contribution >= 4 is 16.9 Å². The summed E-state index contributed by atoms with van der Waals surface area (Å²) in [4.78, 5) is 7.43. The van der Waals surface area contributed by atoms with Crippen LogP contribution in [0.25, 0.3) is 10.9 Å². The zero-order valence-corrected chi connectivity index (χ0v) is 11.2. The van der Waals surface area contributed by atoms with Gasteiger partial charge < -0.3 is 15.6 Å². The Labute approximate surface area is 113 Å². The van der Waals surface area contributed by atoms with Gasteiger partial charge in [-0.2, -0.15) is 0 Å². The van der Waals surface area contributed by atoms with Gasteiger partial charge in [-0.05, 0) is 18.1 Å². The molecule has 0 bridgehead atoms. The van der Waals surface area contributed by atoms with Gasteiger partial charge in [0, 0.05) is 37.2 Å². The number of rotatable bonds is 5. The number of para-hydroxylation sites is 1. The Bertz CT molecular complexity index is 568. The van der Waals surface area contributed by atoms with Crippen LogP contribution in [0.5, 0.6) is 0 Å². The number of aliphatic imine (C=N–C) groups is 1. The summed E-state index contributed by atoms with van der Waals surface area (Å²) in [5.74, 6) is 0.805. The van der Waals surface area contributed by atoms with Crippen molar-refractivity contribution in [1.29, 1.82) is 0 Å². The van der Waals surface area contributed by atoms with Crippen LogP contribution in [0.1, 0.15) is 5.56 Å². The van der Waals surface area contributed by atoms with Crippen LogP contribution >= 0.6 is 0 Å². The Morgan fingerprint density at radius 1 is 1.37 bits per heavy atom. The number of nitrogens with one attached hydrogen (secondary N) is 3. The molecule has 3 N–H and O–H groups in total. The van der Waals surface area contributed by atoms with E-state index in [2.05, 4.69) is 51.6 Å². The Morgan fingerprint density at radius 3 is 3.00 bits per heavy atom. The van der Waals surface area contributed by atoms with E-state index in [1.165, 1.54) is 16.5 Å². The minimum Gasteiger partial charge on any atom is -0.361 e. The van der Waals surface area contributed by atoms with Gasteiger partial charge in [-0.25, -0.2) is 0 Å². The molecule has 0 aliphatic carbocycles. The first-order valence-corrected chi connectivity index (χ1v) is 6.45. The van der Waals surface area contributed by atoms with Crippen molar-refractivity contribution in [2.75, 3.05) is 20.1 Å². The molecule has 1 heterocycles. The molecule has 2 rings (SSSR count). The van der Waals surface area contributed by atoms with Gasteiger partial charge in [0.15, 0.2) is 5.96 Å². The number of nitrogens with zero attached hydrogens (tertiary/aromatic N) is 1. The lowest BCUT2D eigenvalue weighted by Gasteiger charge is -2.09. The van der Waals surface area contributed by atoms with E-state index in [1.807, 2.05) is 12.1 Å². The molecule has 0 radical (unpaired) electrons. The van der Waals surface area contributed by atoms with Gasteiger partial charge in [-0.3, -0.25) is 4.99 Å². The first-order valence-electron chi connectivity index (χ1n) is 6.45. The number of H-pyrrole nitrogens is 1. The summed E-state index contributed by atoms with van der Waals surface area (Å²) in [5, 5.41) is 7.72. The van der Waals surface area contributed by atoms with E-state index < -0.39 is 0 Å². The summed E-state index contributed by atoms with van der Waals surface area (Å²) >= 11 is 0. The number of aromatic amines is 1. The molecule has 0 fully saturated rings. The summed E-state index contributed by atoms with van der Waals surface area (Å²) < 4.78 is 0. The van der Waals surface area contributed by atoms with E-state index in [-0.39, 0.29) is 0 Å². The average Bonchev–Trinajstić information content (AvgIpc) is 2.86. The smallest absolute Gasteiger partial charge is 0.191 e. The van der Waals surface area contributed by atoms with Crippen LogP contribution in [0, 0.1) is 0 Å². The predicted octanol–water partition coefficient (Wildman–Crippen LogP) is 2.06. The third-order valence-electron chi connectivity index (χ3n) is 3.00. The largest absolute Gasteiger partial charge is 0.361 e. The summed E-state index contributed by atoms with van der Waals surface area (Å²) in [5.41, 5.74) is 2.51. The van der Waals surface area contributed by atoms with Gasteiger partial charge in [0.1, 0.15) is 0 Å². The lowest BCUT2D eigenvalue weighted by Crippen LogP contribution is -2.38. The Kier molecular flexibility index (Phi) is 4.61. The molecule has 0 aliphatic rings. The molecule has 1 aromatic carbocycles. The molecule has 19 heavy (non-hydrogen) atoms. The van der Waals surface area contributed by atoms with Crippen LogP contribution < -0.4 is 10.6 Å². The van der Waals surface area contributed by atoms with Crippen LogP contribution in [-0.2, 0) is 6.42 Å². The van der Waals surface area contributed by atoms with Gasteiger partial charge in [-0.1, -0.05) is 24.3 Å². The standard InChI is InChI=1S/C15H20N4/c1-3-9-17-15(16-2)18-10-8-12-11-19-14-7-5-4-6-13(12)14/h3-7,11,19H,1,8-10H2,2H3,(H2,16,17,18). The van der Waals surface area contributed by atoms with Gasteiger partial charge in [0.2, 0.25) is 0 Å². The Balaban J connectivity index is 1.90. The molecular weight excluding hydrogens is 236 g/mol. The highest BCUT2D eigenvalue weighted by atomic mass is 15.2. The second-order valence-electron chi connectivity index (χ2n) is 4.28. The van der Waals surface area contributed by atoms with E-state index in [9.17, 15) is 0 Å². The van der Waals surface area contributed by atoms with Crippen LogP contribution in [0.3, 0.4) is 0 Å². The van der Waals surface area contributed by atoms with Crippen molar-refractivity contribution < 1.29 is 0 Å². The van der Waals surface area contributed by atoms with Crippen molar-refractivity contribution in [3.63, 3.8) is 0 Å². The minimum atomic E-state index is 0.715. The second kappa shape index (κ2) is 6.64. The van der Waals surface area contributed by atoms with E-state index in [0.717, 1.165) is 18.9 Å². The molecule has 0 atom stereocenters. The summed E-state index contributed by atoms with van der Waals surface area (Å²) in [7, 11) is 1.77. The normalized spacial score (nSPS) is 11.5. The zero-order chi connectivity index (χ0) is 13.5. The highest BCUT2D eigenvalue weighted by Gasteiger charge is 2.02. The number of fused-ring (bicyclic) bond motifs is 1. The SMILES string of the molecule is C=CCNC(=NC)NCCc1c[nH]c2ccccc12. The van der Waals surface area contributed by atoms with Gasteiger partial charge in [-0.15, -0.1) is 6.58 Å². The molecule has 0 aliphatic heterocycles. The van der Waals surface area contributed by atoms with Crippen molar-refractivity contribution in [2.24, 2.45) is 4.99 Å². The van der Waals surface area contributed by atoms with Crippen molar-refractivity contribution in [2.45, 2.75) is 6.42 Å². The van der Waals surface area contributed by atoms with Crippen LogP contribution in [0.2, 0.25) is 0 Å². The molecule has 0 saturated carbocycles. The lowest BCUT2D eigenvalue weighted by molar-refractivity contribution is 0.824. The summed E-state index contributed by atoms with van der Waals surface area (Å²) in [6.07, 6.45) is 4.84. The topological polar surface area (TPSA) is 52.2 Å². The number of benzene rings is 1. The molecule has 1 aromatic heterocycles. The molecule has 0 saturated heterocycles. The number of hydrogen-bond donors (Lipinski definition) is 3. The monoisotopic (exact) mass is 256 g/mol.